The van der Waals surface area contributed by atoms with Gasteiger partial charge < -0.3 is 9.13 Å². The molecule has 17 aromatic rings. The Hall–Kier alpha value is -13.8. The maximum absolute atomic E-state index is 10.7. The molecule has 0 radical (unpaired) electrons. The van der Waals surface area contributed by atoms with Crippen molar-refractivity contribution in [3.05, 3.63) is 344 Å². The van der Waals surface area contributed by atoms with Crippen LogP contribution in [0.3, 0.4) is 0 Å². The van der Waals surface area contributed by atoms with Gasteiger partial charge >= 0.3 is 0 Å². The van der Waals surface area contributed by atoms with Crippen LogP contribution in [-0.4, -0.2) is 24.1 Å². The molecule has 0 aliphatic heterocycles. The van der Waals surface area contributed by atoms with E-state index in [1.165, 1.54) is 0 Å². The Bertz CT molecular complexity index is 5610. The molecule has 0 fully saturated rings. The van der Waals surface area contributed by atoms with Crippen molar-refractivity contribution < 1.29 is 0 Å². The molecule has 8 nitrogen and oxygen atoms in total. The quantitative estimate of drug-likeness (QED) is 0.120. The second-order valence-electron chi connectivity index (χ2n) is 24.4. The fourth-order valence-electron chi connectivity index (χ4n) is 14.0. The van der Waals surface area contributed by atoms with Gasteiger partial charge in [-0.05, 0) is 169 Å². The highest BCUT2D eigenvalue weighted by Crippen LogP contribution is 2.45. The zero-order valence-corrected chi connectivity index (χ0v) is 52.8. The van der Waals surface area contributed by atoms with Crippen molar-refractivity contribution in [1.82, 2.24) is 24.1 Å². The smallest absolute Gasteiger partial charge is 0.166 e. The SMILES string of the molecule is N#Cc1ccccc1-c1ccc(-c2nc(-c3ccc(-c4ccccc4C#N)cc3-n3c4ccc(-c5ccccc5)cc4c4cc(-c5ccccc5)ccc43)nc(-c3ccc(-c4ccccc4C#N)cc3-n3c4ccc(-c5ccccc5)cc4c4cc(-c5ccccc5)ccc43)n2)cc1. The number of benzene rings is 14. The van der Waals surface area contributed by atoms with Gasteiger partial charge in [0.25, 0.3) is 0 Å². The first-order valence-corrected chi connectivity index (χ1v) is 32.5. The van der Waals surface area contributed by atoms with Gasteiger partial charge in [-0.3, -0.25) is 0 Å². The number of fused-ring (bicyclic) bond motifs is 6. The molecular formula is C90H54N8. The number of aromatic nitrogens is 5. The summed E-state index contributed by atoms with van der Waals surface area (Å²) in [6.07, 6.45) is 0. The Kier molecular flexibility index (Phi) is 14.5. The van der Waals surface area contributed by atoms with Crippen LogP contribution in [-0.2, 0) is 0 Å². The van der Waals surface area contributed by atoms with E-state index in [9.17, 15) is 15.8 Å². The molecule has 17 rings (SSSR count). The summed E-state index contributed by atoms with van der Waals surface area (Å²) < 4.78 is 4.65. The first kappa shape index (κ1) is 58.0. The third-order valence-corrected chi connectivity index (χ3v) is 18.8. The topological polar surface area (TPSA) is 120 Å². The molecule has 0 aliphatic carbocycles. The highest BCUT2D eigenvalue weighted by molar-refractivity contribution is 6.14. The van der Waals surface area contributed by atoms with E-state index in [2.05, 4.69) is 234 Å². The summed E-state index contributed by atoms with van der Waals surface area (Å²) in [5.74, 6) is 1.23. The lowest BCUT2D eigenvalue weighted by Gasteiger charge is -2.19. The van der Waals surface area contributed by atoms with E-state index >= 15 is 0 Å². The van der Waals surface area contributed by atoms with E-state index in [4.69, 9.17) is 15.0 Å². The van der Waals surface area contributed by atoms with Gasteiger partial charge in [0.1, 0.15) is 0 Å². The summed E-state index contributed by atoms with van der Waals surface area (Å²) in [6.45, 7) is 0. The molecule has 14 aromatic carbocycles. The normalized spacial score (nSPS) is 11.2. The van der Waals surface area contributed by atoms with E-state index in [1.54, 1.807) is 0 Å². The van der Waals surface area contributed by atoms with Gasteiger partial charge in [-0.15, -0.1) is 0 Å². The molecule has 8 heteroatoms. The molecule has 3 heterocycles. The molecule has 3 aromatic heterocycles. The summed E-state index contributed by atoms with van der Waals surface area (Å²) in [5, 5.41) is 35.9. The van der Waals surface area contributed by atoms with E-state index < -0.39 is 0 Å². The van der Waals surface area contributed by atoms with Crippen LogP contribution >= 0.6 is 0 Å². The third-order valence-electron chi connectivity index (χ3n) is 18.8. The van der Waals surface area contributed by atoms with Crippen molar-refractivity contribution in [2.24, 2.45) is 0 Å². The van der Waals surface area contributed by atoms with Gasteiger partial charge in [0.2, 0.25) is 0 Å². The van der Waals surface area contributed by atoms with Crippen LogP contribution in [0.5, 0.6) is 0 Å². The van der Waals surface area contributed by atoms with Crippen LogP contribution < -0.4 is 0 Å². The van der Waals surface area contributed by atoms with Crippen LogP contribution in [0.1, 0.15) is 16.7 Å². The third kappa shape index (κ3) is 10.3. The van der Waals surface area contributed by atoms with Crippen molar-refractivity contribution in [2.45, 2.75) is 0 Å². The van der Waals surface area contributed by atoms with Gasteiger partial charge in [-0.1, -0.05) is 237 Å². The minimum Gasteiger partial charge on any atom is -0.308 e. The fourth-order valence-corrected chi connectivity index (χ4v) is 14.0. The zero-order chi connectivity index (χ0) is 65.6. The molecule has 0 saturated carbocycles. The Labute approximate surface area is 566 Å². The summed E-state index contributed by atoms with van der Waals surface area (Å²) >= 11 is 0. The van der Waals surface area contributed by atoms with Gasteiger partial charge in [0, 0.05) is 38.2 Å². The molecule has 0 bridgehead atoms. The Morgan fingerprint density at radius 3 is 0.796 bits per heavy atom. The van der Waals surface area contributed by atoms with Gasteiger partial charge in [-0.2, -0.15) is 15.8 Å². The van der Waals surface area contributed by atoms with Gasteiger partial charge in [0.15, 0.2) is 17.5 Å². The summed E-state index contributed by atoms with van der Waals surface area (Å²) in [5.41, 5.74) is 23.0. The minimum absolute atomic E-state index is 0.405. The largest absolute Gasteiger partial charge is 0.308 e. The monoisotopic (exact) mass is 1250 g/mol. The molecule has 454 valence electrons. The van der Waals surface area contributed by atoms with Crippen LogP contribution in [0.25, 0.3) is 167 Å². The molecule has 0 aliphatic rings. The van der Waals surface area contributed by atoms with E-state index in [0.29, 0.717) is 45.3 Å². The molecule has 0 amide bonds. The Morgan fingerprint density at radius 1 is 0.204 bits per heavy atom. The molecule has 0 spiro atoms. The van der Waals surface area contributed by atoms with E-state index in [-0.39, 0.29) is 0 Å². The second-order valence-corrected chi connectivity index (χ2v) is 24.4. The summed E-state index contributed by atoms with van der Waals surface area (Å²) in [7, 11) is 0. The lowest BCUT2D eigenvalue weighted by Crippen LogP contribution is -2.06. The standard InChI is InChI=1S/C90H54N8/c91-55-70-27-13-16-30-73(70)62-33-35-63(36-34-62)88-94-89(76-43-37-68(74-31-17-14-28-71(74)56-92)53-86(76)97-82-45-39-64(58-19-5-1-6-20-58)49-78(82)79-50-65(40-46-83(79)97)59-21-7-2-8-22-59)96-90(95-88)77-44-38-69(75-32-18-15-29-72(75)57-93)54-87(77)98-84-47-41-66(60-23-9-3-10-24-60)51-80(84)81-52-67(42-48-85(81)98)61-25-11-4-12-26-61/h1-54H. The number of nitrogens with zero attached hydrogens (tertiary/aromatic N) is 8. The predicted octanol–water partition coefficient (Wildman–Crippen LogP) is 22.4. The van der Waals surface area contributed by atoms with E-state index in [1.807, 2.05) is 121 Å². The highest BCUT2D eigenvalue weighted by atomic mass is 15.1. The maximum Gasteiger partial charge on any atom is 0.166 e. The lowest BCUT2D eigenvalue weighted by molar-refractivity contribution is 1.06. The van der Waals surface area contributed by atoms with Crippen LogP contribution in [0.15, 0.2) is 328 Å². The average Bonchev–Trinajstić information content (AvgIpc) is 1.56. The van der Waals surface area contributed by atoms with Crippen LogP contribution in [0, 0.1) is 34.0 Å². The first-order chi connectivity index (χ1) is 48.4. The molecule has 0 unspecified atom stereocenters. The Morgan fingerprint density at radius 2 is 0.469 bits per heavy atom. The maximum atomic E-state index is 10.7. The number of hydrogen-bond donors (Lipinski definition) is 0. The molecule has 98 heavy (non-hydrogen) atoms. The average molecular weight is 1250 g/mol. The van der Waals surface area contributed by atoms with Gasteiger partial charge in [0.05, 0.1) is 68.3 Å². The molecule has 0 atom stereocenters. The number of nitriles is 3. The van der Waals surface area contributed by atoms with Crippen molar-refractivity contribution in [1.29, 1.82) is 15.8 Å². The molecular weight excluding hydrogens is 1190 g/mol. The lowest BCUT2D eigenvalue weighted by atomic mass is 9.97. The van der Waals surface area contributed by atoms with E-state index in [0.717, 1.165) is 138 Å². The second kappa shape index (κ2) is 24.6. The minimum atomic E-state index is 0.405. The van der Waals surface area contributed by atoms with Crippen LogP contribution in [0.4, 0.5) is 0 Å². The fraction of sp³-hybridized carbons (Fsp3) is 0. The molecule has 0 saturated heterocycles. The van der Waals surface area contributed by atoms with Crippen molar-refractivity contribution in [3.8, 4) is 142 Å². The van der Waals surface area contributed by atoms with Crippen LogP contribution in [0.2, 0.25) is 0 Å². The predicted molar refractivity (Wildman–Crippen MR) is 397 cm³/mol. The summed E-state index contributed by atoms with van der Waals surface area (Å²) in [4.78, 5) is 16.9. The van der Waals surface area contributed by atoms with Crippen molar-refractivity contribution >= 4 is 43.6 Å². The van der Waals surface area contributed by atoms with Crippen molar-refractivity contribution in [2.75, 3.05) is 0 Å². The number of hydrogen-bond acceptors (Lipinski definition) is 6. The first-order valence-electron chi connectivity index (χ1n) is 32.5. The highest BCUT2D eigenvalue weighted by Gasteiger charge is 2.26. The zero-order valence-electron chi connectivity index (χ0n) is 52.8. The van der Waals surface area contributed by atoms with Gasteiger partial charge in [-0.25, -0.2) is 15.0 Å². The Balaban J connectivity index is 0.962. The number of rotatable bonds is 12. The summed E-state index contributed by atoms with van der Waals surface area (Å²) in [6, 6.07) is 120. The van der Waals surface area contributed by atoms with Crippen molar-refractivity contribution in [3.63, 3.8) is 0 Å². The molecule has 0 N–H and O–H groups in total.